The lowest BCUT2D eigenvalue weighted by molar-refractivity contribution is 0.775. The van der Waals surface area contributed by atoms with E-state index < -0.39 is 0 Å². The van der Waals surface area contributed by atoms with Crippen molar-refractivity contribution in [3.05, 3.63) is 15.6 Å². The number of aryl methyl sites for hydroxylation is 2. The molecule has 0 radical (unpaired) electrons. The summed E-state index contributed by atoms with van der Waals surface area (Å²) in [6.45, 7) is 8.12. The molecule has 0 aliphatic carbocycles. The van der Waals surface area contributed by atoms with Crippen LogP contribution < -0.4 is 10.6 Å². The SMILES string of the molecule is CCCNC(=NC)NCCc1sc(C)nc1C.I. The highest BCUT2D eigenvalue weighted by atomic mass is 127. The van der Waals surface area contributed by atoms with Crippen LogP contribution in [0, 0.1) is 13.8 Å². The number of thiazole rings is 1. The molecule has 4 nitrogen and oxygen atoms in total. The summed E-state index contributed by atoms with van der Waals surface area (Å²) < 4.78 is 0. The van der Waals surface area contributed by atoms with Crippen LogP contribution >= 0.6 is 35.3 Å². The minimum Gasteiger partial charge on any atom is -0.356 e. The Labute approximate surface area is 131 Å². The molecule has 0 spiro atoms. The Morgan fingerprint density at radius 1 is 1.28 bits per heavy atom. The Morgan fingerprint density at radius 2 is 1.94 bits per heavy atom. The third kappa shape index (κ3) is 5.99. The number of rotatable bonds is 5. The molecular formula is C12H23IN4S. The number of nitrogens with one attached hydrogen (secondary N) is 2. The first kappa shape index (κ1) is 17.6. The molecule has 0 aromatic carbocycles. The molecule has 0 aliphatic heterocycles. The molecule has 0 atom stereocenters. The Balaban J connectivity index is 0.00000289. The summed E-state index contributed by atoms with van der Waals surface area (Å²) in [6.07, 6.45) is 2.11. The molecule has 1 aromatic heterocycles. The van der Waals surface area contributed by atoms with Gasteiger partial charge in [-0.05, 0) is 20.3 Å². The van der Waals surface area contributed by atoms with E-state index in [-0.39, 0.29) is 24.0 Å². The van der Waals surface area contributed by atoms with Crippen molar-refractivity contribution >= 4 is 41.3 Å². The number of halogens is 1. The van der Waals surface area contributed by atoms with Gasteiger partial charge in [0, 0.05) is 31.4 Å². The van der Waals surface area contributed by atoms with Gasteiger partial charge < -0.3 is 10.6 Å². The molecule has 2 N–H and O–H groups in total. The van der Waals surface area contributed by atoms with Gasteiger partial charge in [0.1, 0.15) is 0 Å². The first-order valence-electron chi connectivity index (χ1n) is 6.04. The van der Waals surface area contributed by atoms with Gasteiger partial charge in [0.2, 0.25) is 0 Å². The molecular weight excluding hydrogens is 359 g/mol. The molecule has 1 aromatic rings. The summed E-state index contributed by atoms with van der Waals surface area (Å²) >= 11 is 1.78. The highest BCUT2D eigenvalue weighted by Crippen LogP contribution is 2.16. The van der Waals surface area contributed by atoms with E-state index >= 15 is 0 Å². The predicted octanol–water partition coefficient (Wildman–Crippen LogP) is 2.50. The van der Waals surface area contributed by atoms with Crippen molar-refractivity contribution in [2.24, 2.45) is 4.99 Å². The molecule has 0 saturated heterocycles. The van der Waals surface area contributed by atoms with Gasteiger partial charge in [0.15, 0.2) is 5.96 Å². The summed E-state index contributed by atoms with van der Waals surface area (Å²) in [5, 5.41) is 7.70. The van der Waals surface area contributed by atoms with Crippen LogP contribution in [0.1, 0.15) is 28.9 Å². The van der Waals surface area contributed by atoms with E-state index in [1.165, 1.54) is 4.88 Å². The van der Waals surface area contributed by atoms with Crippen LogP contribution in [0.5, 0.6) is 0 Å². The van der Waals surface area contributed by atoms with E-state index in [0.29, 0.717) is 0 Å². The number of nitrogens with zero attached hydrogens (tertiary/aromatic N) is 2. The largest absolute Gasteiger partial charge is 0.356 e. The first-order valence-corrected chi connectivity index (χ1v) is 6.86. The van der Waals surface area contributed by atoms with Gasteiger partial charge in [-0.15, -0.1) is 35.3 Å². The molecule has 0 fully saturated rings. The molecule has 0 amide bonds. The van der Waals surface area contributed by atoms with E-state index in [4.69, 9.17) is 0 Å². The molecule has 1 heterocycles. The average Bonchev–Trinajstić information content (AvgIpc) is 2.62. The van der Waals surface area contributed by atoms with Crippen LogP contribution in [0.2, 0.25) is 0 Å². The first-order chi connectivity index (χ1) is 8.17. The van der Waals surface area contributed by atoms with Gasteiger partial charge in [0.05, 0.1) is 10.7 Å². The Bertz CT molecular complexity index is 376. The van der Waals surface area contributed by atoms with E-state index in [0.717, 1.165) is 42.6 Å². The summed E-state index contributed by atoms with van der Waals surface area (Å²) in [5.74, 6) is 0.880. The van der Waals surface area contributed by atoms with Gasteiger partial charge in [-0.25, -0.2) is 4.98 Å². The smallest absolute Gasteiger partial charge is 0.190 e. The zero-order chi connectivity index (χ0) is 12.7. The Kier molecular flexibility index (Phi) is 9.35. The van der Waals surface area contributed by atoms with E-state index in [9.17, 15) is 0 Å². The lowest BCUT2D eigenvalue weighted by atomic mass is 10.3. The van der Waals surface area contributed by atoms with Crippen molar-refractivity contribution < 1.29 is 0 Å². The van der Waals surface area contributed by atoms with Gasteiger partial charge in [0.25, 0.3) is 0 Å². The number of guanidine groups is 1. The number of hydrogen-bond acceptors (Lipinski definition) is 3. The molecule has 0 aliphatic rings. The van der Waals surface area contributed by atoms with Crippen molar-refractivity contribution in [2.75, 3.05) is 20.1 Å². The average molecular weight is 382 g/mol. The highest BCUT2D eigenvalue weighted by Gasteiger charge is 2.04. The molecule has 18 heavy (non-hydrogen) atoms. The van der Waals surface area contributed by atoms with Crippen LogP contribution in [0.3, 0.4) is 0 Å². The zero-order valence-corrected chi connectivity index (χ0v) is 14.7. The Morgan fingerprint density at radius 3 is 2.44 bits per heavy atom. The molecule has 0 bridgehead atoms. The second-order valence-electron chi connectivity index (χ2n) is 3.92. The lowest BCUT2D eigenvalue weighted by Crippen LogP contribution is -2.38. The summed E-state index contributed by atoms with van der Waals surface area (Å²) in [7, 11) is 1.80. The summed E-state index contributed by atoms with van der Waals surface area (Å²) in [6, 6.07) is 0. The fourth-order valence-corrected chi connectivity index (χ4v) is 2.50. The van der Waals surface area contributed by atoms with Crippen molar-refractivity contribution in [1.82, 2.24) is 15.6 Å². The molecule has 104 valence electrons. The van der Waals surface area contributed by atoms with Crippen molar-refractivity contribution in [3.8, 4) is 0 Å². The summed E-state index contributed by atoms with van der Waals surface area (Å²) in [4.78, 5) is 9.95. The third-order valence-electron chi connectivity index (χ3n) is 2.41. The molecule has 6 heteroatoms. The number of hydrogen-bond donors (Lipinski definition) is 2. The van der Waals surface area contributed by atoms with Crippen molar-refractivity contribution in [2.45, 2.75) is 33.6 Å². The second-order valence-corrected chi connectivity index (χ2v) is 5.20. The predicted molar refractivity (Wildman–Crippen MR) is 90.4 cm³/mol. The maximum absolute atomic E-state index is 4.42. The maximum Gasteiger partial charge on any atom is 0.190 e. The normalized spacial score (nSPS) is 11.0. The van der Waals surface area contributed by atoms with Crippen LogP contribution in [-0.2, 0) is 6.42 Å². The van der Waals surface area contributed by atoms with Crippen LogP contribution in [-0.4, -0.2) is 31.1 Å². The minimum absolute atomic E-state index is 0. The van der Waals surface area contributed by atoms with Crippen LogP contribution in [0.25, 0.3) is 0 Å². The van der Waals surface area contributed by atoms with Crippen LogP contribution in [0.4, 0.5) is 0 Å². The van der Waals surface area contributed by atoms with Crippen molar-refractivity contribution in [3.63, 3.8) is 0 Å². The molecule has 1 rings (SSSR count). The lowest BCUT2D eigenvalue weighted by Gasteiger charge is -2.10. The van der Waals surface area contributed by atoms with Gasteiger partial charge in [-0.1, -0.05) is 6.92 Å². The molecule has 0 unspecified atom stereocenters. The minimum atomic E-state index is 0. The van der Waals surface area contributed by atoms with E-state index in [1.54, 1.807) is 18.4 Å². The zero-order valence-electron chi connectivity index (χ0n) is 11.5. The van der Waals surface area contributed by atoms with Gasteiger partial charge in [-0.2, -0.15) is 0 Å². The van der Waals surface area contributed by atoms with Gasteiger partial charge >= 0.3 is 0 Å². The summed E-state index contributed by atoms with van der Waals surface area (Å²) in [5.41, 5.74) is 1.16. The highest BCUT2D eigenvalue weighted by molar-refractivity contribution is 14.0. The Hall–Kier alpha value is -0.370. The topological polar surface area (TPSA) is 49.3 Å². The van der Waals surface area contributed by atoms with E-state index in [2.05, 4.69) is 41.4 Å². The number of aliphatic imine (C=N–C) groups is 1. The monoisotopic (exact) mass is 382 g/mol. The number of aromatic nitrogens is 1. The second kappa shape index (κ2) is 9.55. The fraction of sp³-hybridized carbons (Fsp3) is 0.667. The third-order valence-corrected chi connectivity index (χ3v) is 3.54. The standard InChI is InChI=1S/C12H22N4S.HI/c1-5-7-14-12(13-4)15-8-6-11-9(2)16-10(3)17-11;/h5-8H2,1-4H3,(H2,13,14,15);1H. The van der Waals surface area contributed by atoms with Crippen LogP contribution in [0.15, 0.2) is 4.99 Å². The van der Waals surface area contributed by atoms with Crippen molar-refractivity contribution in [1.29, 1.82) is 0 Å². The molecule has 0 saturated carbocycles. The maximum atomic E-state index is 4.42. The van der Waals surface area contributed by atoms with Gasteiger partial charge in [-0.3, -0.25) is 4.99 Å². The quantitative estimate of drug-likeness (QED) is 0.468. The fourth-order valence-electron chi connectivity index (χ4n) is 1.56. The van der Waals surface area contributed by atoms with E-state index in [1.807, 2.05) is 0 Å².